The maximum absolute atomic E-state index is 11.7. The van der Waals surface area contributed by atoms with Crippen molar-refractivity contribution in [3.63, 3.8) is 0 Å². The number of amides is 1. The zero-order valence-electron chi connectivity index (χ0n) is 11.0. The van der Waals surface area contributed by atoms with Gasteiger partial charge in [0.2, 0.25) is 5.91 Å². The van der Waals surface area contributed by atoms with Crippen LogP contribution in [0.15, 0.2) is 6.20 Å². The van der Waals surface area contributed by atoms with Crippen LogP contribution in [0.1, 0.15) is 31.9 Å². The Bertz CT molecular complexity index is 458. The van der Waals surface area contributed by atoms with Crippen LogP contribution in [0.5, 0.6) is 0 Å². The maximum atomic E-state index is 11.7. The van der Waals surface area contributed by atoms with Crippen molar-refractivity contribution in [2.45, 2.75) is 45.2 Å². The summed E-state index contributed by atoms with van der Waals surface area (Å²) >= 11 is 0. The number of aryl methyl sites for hydroxylation is 1. The molecule has 0 aliphatic carbocycles. The molecule has 0 saturated carbocycles. The Hall–Kier alpha value is -1.92. The smallest absolute Gasteiger partial charge is 0.328 e. The number of rotatable bonds is 6. The van der Waals surface area contributed by atoms with Gasteiger partial charge in [0, 0.05) is 12.6 Å². The summed E-state index contributed by atoms with van der Waals surface area (Å²) in [7, 11) is 0. The first-order valence-electron chi connectivity index (χ1n) is 6.54. The molecule has 1 aliphatic rings. The van der Waals surface area contributed by atoms with Crippen LogP contribution >= 0.6 is 0 Å². The predicted molar refractivity (Wildman–Crippen MR) is 66.1 cm³/mol. The van der Waals surface area contributed by atoms with Crippen molar-refractivity contribution in [1.29, 1.82) is 0 Å². The number of carbonyl (C=O) groups excluding carboxylic acids is 2. The Kier molecular flexibility index (Phi) is 4.48. The minimum Gasteiger partial charge on any atom is -0.464 e. The van der Waals surface area contributed by atoms with Crippen molar-refractivity contribution >= 4 is 11.9 Å². The van der Waals surface area contributed by atoms with Crippen LogP contribution in [0, 0.1) is 0 Å². The summed E-state index contributed by atoms with van der Waals surface area (Å²) in [5.41, 5.74) is 0.884. The molecule has 7 heteroatoms. The zero-order chi connectivity index (χ0) is 13.7. The van der Waals surface area contributed by atoms with Crippen LogP contribution < -0.4 is 5.32 Å². The molecule has 1 fully saturated rings. The Morgan fingerprint density at radius 2 is 2.47 bits per heavy atom. The van der Waals surface area contributed by atoms with Gasteiger partial charge in [-0.2, -0.15) is 0 Å². The number of cyclic esters (lactones) is 1. The molecule has 1 aliphatic heterocycles. The van der Waals surface area contributed by atoms with Crippen molar-refractivity contribution in [2.75, 3.05) is 6.61 Å². The summed E-state index contributed by atoms with van der Waals surface area (Å²) in [5.74, 6) is -0.619. The SMILES string of the molecule is CCCCc1cn(CC(=O)N[C@H]2CCOC2=O)nn1. The number of aromatic nitrogens is 3. The third-order valence-electron chi connectivity index (χ3n) is 2.95. The van der Waals surface area contributed by atoms with E-state index in [1.165, 1.54) is 4.68 Å². The van der Waals surface area contributed by atoms with E-state index in [9.17, 15) is 9.59 Å². The molecule has 7 nitrogen and oxygen atoms in total. The van der Waals surface area contributed by atoms with Crippen molar-refractivity contribution in [3.8, 4) is 0 Å². The third-order valence-corrected chi connectivity index (χ3v) is 2.95. The molecule has 0 aromatic carbocycles. The highest BCUT2D eigenvalue weighted by molar-refractivity contribution is 5.85. The van der Waals surface area contributed by atoms with Crippen LogP contribution in [0.25, 0.3) is 0 Å². The second-order valence-corrected chi connectivity index (χ2v) is 4.59. The van der Waals surface area contributed by atoms with Gasteiger partial charge >= 0.3 is 5.97 Å². The molecule has 1 atom stereocenters. The Balaban J connectivity index is 1.81. The molecule has 1 amide bonds. The van der Waals surface area contributed by atoms with Gasteiger partial charge < -0.3 is 10.1 Å². The molecule has 1 aromatic heterocycles. The zero-order valence-corrected chi connectivity index (χ0v) is 11.0. The van der Waals surface area contributed by atoms with Gasteiger partial charge in [-0.15, -0.1) is 5.10 Å². The standard InChI is InChI=1S/C12H18N4O3/c1-2-3-4-9-7-16(15-14-9)8-11(17)13-10-5-6-19-12(10)18/h7,10H,2-6,8H2,1H3,(H,13,17)/t10-/m0/s1. The van der Waals surface area contributed by atoms with Crippen LogP contribution in [0.4, 0.5) is 0 Å². The topological polar surface area (TPSA) is 86.1 Å². The van der Waals surface area contributed by atoms with E-state index >= 15 is 0 Å². The second kappa shape index (κ2) is 6.31. The lowest BCUT2D eigenvalue weighted by Gasteiger charge is -2.08. The Morgan fingerprint density at radius 1 is 1.63 bits per heavy atom. The number of nitrogens with one attached hydrogen (secondary N) is 1. The molecule has 1 N–H and O–H groups in total. The fraction of sp³-hybridized carbons (Fsp3) is 0.667. The first-order chi connectivity index (χ1) is 9.19. The number of unbranched alkanes of at least 4 members (excludes halogenated alkanes) is 1. The lowest BCUT2D eigenvalue weighted by Crippen LogP contribution is -2.39. The van der Waals surface area contributed by atoms with Crippen LogP contribution in [0.2, 0.25) is 0 Å². The highest BCUT2D eigenvalue weighted by Gasteiger charge is 2.27. The van der Waals surface area contributed by atoms with Gasteiger partial charge in [0.1, 0.15) is 12.6 Å². The predicted octanol–water partition coefficient (Wildman–Crippen LogP) is 0.0524. The molecule has 0 bridgehead atoms. The Morgan fingerprint density at radius 3 is 3.16 bits per heavy atom. The van der Waals surface area contributed by atoms with Gasteiger partial charge in [0.05, 0.1) is 12.3 Å². The molecule has 0 spiro atoms. The molecule has 2 heterocycles. The monoisotopic (exact) mass is 266 g/mol. The molecule has 104 valence electrons. The van der Waals surface area contributed by atoms with E-state index in [0.29, 0.717) is 13.0 Å². The number of ether oxygens (including phenoxy) is 1. The molecular formula is C12H18N4O3. The summed E-state index contributed by atoms with van der Waals surface area (Å²) in [4.78, 5) is 22.9. The number of esters is 1. The molecule has 0 unspecified atom stereocenters. The number of hydrogen-bond acceptors (Lipinski definition) is 5. The average Bonchev–Trinajstić information content (AvgIpc) is 2.97. The molecule has 1 saturated heterocycles. The van der Waals surface area contributed by atoms with E-state index in [0.717, 1.165) is 25.0 Å². The number of hydrogen-bond donors (Lipinski definition) is 1. The molecule has 1 aromatic rings. The van der Waals surface area contributed by atoms with Gasteiger partial charge in [-0.25, -0.2) is 9.48 Å². The average molecular weight is 266 g/mol. The minimum absolute atomic E-state index is 0.0723. The lowest BCUT2D eigenvalue weighted by atomic mass is 10.2. The van der Waals surface area contributed by atoms with E-state index in [4.69, 9.17) is 4.74 Å². The van der Waals surface area contributed by atoms with Gasteiger partial charge in [-0.05, 0) is 12.8 Å². The summed E-state index contributed by atoms with van der Waals surface area (Å²) in [5, 5.41) is 10.5. The highest BCUT2D eigenvalue weighted by Crippen LogP contribution is 2.05. The second-order valence-electron chi connectivity index (χ2n) is 4.59. The van der Waals surface area contributed by atoms with E-state index in [-0.39, 0.29) is 18.4 Å². The third kappa shape index (κ3) is 3.77. The molecule has 2 rings (SSSR count). The van der Waals surface area contributed by atoms with Crippen LogP contribution in [-0.2, 0) is 27.3 Å². The quantitative estimate of drug-likeness (QED) is 0.735. The summed E-state index contributed by atoms with van der Waals surface area (Å²) in [6.45, 7) is 2.55. The van der Waals surface area contributed by atoms with Crippen molar-refractivity contribution < 1.29 is 14.3 Å². The highest BCUT2D eigenvalue weighted by atomic mass is 16.5. The fourth-order valence-electron chi connectivity index (χ4n) is 1.90. The summed E-state index contributed by atoms with van der Waals surface area (Å²) < 4.78 is 6.26. The van der Waals surface area contributed by atoms with E-state index < -0.39 is 6.04 Å². The van der Waals surface area contributed by atoms with Crippen LogP contribution in [0.3, 0.4) is 0 Å². The van der Waals surface area contributed by atoms with E-state index in [1.54, 1.807) is 6.20 Å². The van der Waals surface area contributed by atoms with Crippen molar-refractivity contribution in [2.24, 2.45) is 0 Å². The van der Waals surface area contributed by atoms with Gasteiger partial charge in [0.25, 0.3) is 0 Å². The summed E-state index contributed by atoms with van der Waals surface area (Å²) in [6.07, 6.45) is 5.31. The number of carbonyl (C=O) groups is 2. The molecule has 0 radical (unpaired) electrons. The number of nitrogens with zero attached hydrogens (tertiary/aromatic N) is 3. The normalized spacial score (nSPS) is 18.4. The van der Waals surface area contributed by atoms with Gasteiger partial charge in [-0.3, -0.25) is 4.79 Å². The first kappa shape index (κ1) is 13.5. The fourth-order valence-corrected chi connectivity index (χ4v) is 1.90. The van der Waals surface area contributed by atoms with Crippen LogP contribution in [-0.4, -0.2) is 39.5 Å². The van der Waals surface area contributed by atoms with Gasteiger partial charge in [0.15, 0.2) is 0 Å². The Labute approximate surface area is 111 Å². The van der Waals surface area contributed by atoms with Crippen molar-refractivity contribution in [3.05, 3.63) is 11.9 Å². The molecular weight excluding hydrogens is 248 g/mol. The largest absolute Gasteiger partial charge is 0.464 e. The lowest BCUT2D eigenvalue weighted by molar-refractivity contribution is -0.141. The minimum atomic E-state index is -0.518. The first-order valence-corrected chi connectivity index (χ1v) is 6.54. The van der Waals surface area contributed by atoms with Crippen molar-refractivity contribution in [1.82, 2.24) is 20.3 Å². The van der Waals surface area contributed by atoms with Gasteiger partial charge in [-0.1, -0.05) is 18.6 Å². The van der Waals surface area contributed by atoms with E-state index in [1.807, 2.05) is 0 Å². The molecule has 19 heavy (non-hydrogen) atoms. The maximum Gasteiger partial charge on any atom is 0.328 e. The summed E-state index contributed by atoms with van der Waals surface area (Å²) in [6, 6.07) is -0.518. The van der Waals surface area contributed by atoms with E-state index in [2.05, 4.69) is 22.6 Å².